The van der Waals surface area contributed by atoms with E-state index in [0.29, 0.717) is 0 Å². The lowest BCUT2D eigenvalue weighted by Crippen LogP contribution is -2.06. The lowest BCUT2D eigenvalue weighted by molar-refractivity contribution is -0.384. The lowest BCUT2D eigenvalue weighted by Gasteiger charge is -2.08. The van der Waals surface area contributed by atoms with E-state index in [9.17, 15) is 10.1 Å². The summed E-state index contributed by atoms with van der Waals surface area (Å²) in [4.78, 5) is 10.3. The molecule has 2 aromatic rings. The third-order valence-corrected chi connectivity index (χ3v) is 4.29. The summed E-state index contributed by atoms with van der Waals surface area (Å²) in [6, 6.07) is 16.7. The zero-order chi connectivity index (χ0) is 14.7. The minimum absolute atomic E-state index is 0.0181. The van der Waals surface area contributed by atoms with Crippen molar-refractivity contribution < 1.29 is 4.92 Å². The molecule has 3 rings (SSSR count). The molecule has 0 aromatic heterocycles. The number of hydrazone groups is 1. The highest BCUT2D eigenvalue weighted by atomic mass is 32.2. The Morgan fingerprint density at radius 2 is 1.86 bits per heavy atom. The molecule has 5 nitrogen and oxygen atoms in total. The largest absolute Gasteiger partial charge is 0.291 e. The summed E-state index contributed by atoms with van der Waals surface area (Å²) in [7, 11) is 0. The van der Waals surface area contributed by atoms with Crippen LogP contribution >= 0.6 is 11.8 Å². The highest BCUT2D eigenvalue weighted by Crippen LogP contribution is 2.33. The Hall–Kier alpha value is -2.34. The van der Waals surface area contributed by atoms with Crippen LogP contribution in [0.25, 0.3) is 0 Å². The highest BCUT2D eigenvalue weighted by molar-refractivity contribution is 8.14. The highest BCUT2D eigenvalue weighted by Gasteiger charge is 2.21. The maximum Gasteiger partial charge on any atom is 0.269 e. The molecule has 0 fully saturated rings. The van der Waals surface area contributed by atoms with Gasteiger partial charge in [-0.25, -0.2) is 0 Å². The van der Waals surface area contributed by atoms with Crippen molar-refractivity contribution in [2.75, 3.05) is 0 Å². The number of hydrogen-bond donors (Lipinski definition) is 1. The van der Waals surface area contributed by atoms with Gasteiger partial charge in [-0.05, 0) is 23.3 Å². The van der Waals surface area contributed by atoms with Gasteiger partial charge < -0.3 is 0 Å². The van der Waals surface area contributed by atoms with Crippen LogP contribution in [0.4, 0.5) is 5.69 Å². The first-order valence-electron chi connectivity index (χ1n) is 6.49. The van der Waals surface area contributed by atoms with Gasteiger partial charge in [-0.2, -0.15) is 5.10 Å². The summed E-state index contributed by atoms with van der Waals surface area (Å²) in [5.41, 5.74) is 5.38. The van der Waals surface area contributed by atoms with Crippen molar-refractivity contribution >= 4 is 22.5 Å². The summed E-state index contributed by atoms with van der Waals surface area (Å²) in [5, 5.41) is 16.0. The first-order chi connectivity index (χ1) is 10.2. The molecule has 1 heterocycles. The number of non-ortho nitro benzene ring substituents is 1. The van der Waals surface area contributed by atoms with Crippen LogP contribution in [0.2, 0.25) is 0 Å². The molecular weight excluding hydrogens is 286 g/mol. The van der Waals surface area contributed by atoms with Crippen molar-refractivity contribution in [1.29, 1.82) is 0 Å². The molecule has 21 heavy (non-hydrogen) atoms. The fourth-order valence-corrected chi connectivity index (χ4v) is 3.11. The zero-order valence-electron chi connectivity index (χ0n) is 11.1. The normalized spacial score (nSPS) is 17.1. The summed E-state index contributed by atoms with van der Waals surface area (Å²) in [6.45, 7) is 0. The van der Waals surface area contributed by atoms with Gasteiger partial charge >= 0.3 is 0 Å². The monoisotopic (exact) mass is 299 g/mol. The molecule has 0 saturated carbocycles. The molecule has 6 heteroatoms. The van der Waals surface area contributed by atoms with E-state index in [0.717, 1.165) is 17.0 Å². The van der Waals surface area contributed by atoms with Crippen LogP contribution in [-0.4, -0.2) is 9.97 Å². The van der Waals surface area contributed by atoms with Crippen LogP contribution in [0, 0.1) is 10.1 Å². The van der Waals surface area contributed by atoms with Crippen molar-refractivity contribution in [3.05, 3.63) is 75.8 Å². The van der Waals surface area contributed by atoms with Gasteiger partial charge in [-0.15, -0.1) is 0 Å². The molecular formula is C15H13N3O2S. The average molecular weight is 299 g/mol. The molecule has 0 radical (unpaired) electrons. The van der Waals surface area contributed by atoms with Crippen LogP contribution in [0.1, 0.15) is 16.5 Å². The second-order valence-electron chi connectivity index (χ2n) is 4.64. The number of benzene rings is 2. The molecule has 106 valence electrons. The molecule has 0 unspecified atom stereocenters. The predicted octanol–water partition coefficient (Wildman–Crippen LogP) is 3.49. The van der Waals surface area contributed by atoms with E-state index < -0.39 is 4.92 Å². The number of nitro groups is 1. The average Bonchev–Trinajstić information content (AvgIpc) is 2.97. The molecule has 0 bridgehead atoms. The van der Waals surface area contributed by atoms with E-state index in [2.05, 4.69) is 22.7 Å². The SMILES string of the molecule is O=[N+]([O-])c1ccc([C@H]2NN=C(Cc3ccccc3)S2)cc1. The van der Waals surface area contributed by atoms with Crippen LogP contribution < -0.4 is 5.43 Å². The van der Waals surface area contributed by atoms with Crippen LogP contribution in [0.5, 0.6) is 0 Å². The number of nitrogens with zero attached hydrogens (tertiary/aromatic N) is 2. The molecule has 0 saturated heterocycles. The molecule has 0 amide bonds. The number of rotatable bonds is 4. The third-order valence-electron chi connectivity index (χ3n) is 3.17. The second-order valence-corrected chi connectivity index (χ2v) is 5.82. The first-order valence-corrected chi connectivity index (χ1v) is 7.37. The Bertz CT molecular complexity index is 671. The number of hydrogen-bond acceptors (Lipinski definition) is 5. The number of thioether (sulfide) groups is 1. The van der Waals surface area contributed by atoms with E-state index in [1.807, 2.05) is 18.2 Å². The van der Waals surface area contributed by atoms with E-state index >= 15 is 0 Å². The Kier molecular flexibility index (Phi) is 3.87. The maximum absolute atomic E-state index is 10.7. The van der Waals surface area contributed by atoms with Crippen LogP contribution in [0.3, 0.4) is 0 Å². The standard InChI is InChI=1S/C15H13N3O2S/c19-18(20)13-8-6-12(7-9-13)15-17-16-14(21-15)10-11-4-2-1-3-5-11/h1-9,15,17H,10H2/t15-/m0/s1. The fourth-order valence-electron chi connectivity index (χ4n) is 2.08. The second kappa shape index (κ2) is 5.97. The Morgan fingerprint density at radius 1 is 1.14 bits per heavy atom. The van der Waals surface area contributed by atoms with Crippen molar-refractivity contribution in [2.45, 2.75) is 11.8 Å². The van der Waals surface area contributed by atoms with Gasteiger partial charge in [0.25, 0.3) is 5.69 Å². The smallest absolute Gasteiger partial charge is 0.269 e. The predicted molar refractivity (Wildman–Crippen MR) is 84.1 cm³/mol. The summed E-state index contributed by atoms with van der Waals surface area (Å²) in [6.07, 6.45) is 0.794. The van der Waals surface area contributed by atoms with Gasteiger partial charge in [-0.3, -0.25) is 15.5 Å². The minimum atomic E-state index is -0.393. The lowest BCUT2D eigenvalue weighted by atomic mass is 10.2. The van der Waals surface area contributed by atoms with E-state index in [4.69, 9.17) is 0 Å². The third kappa shape index (κ3) is 3.22. The van der Waals surface area contributed by atoms with Gasteiger partial charge in [0.15, 0.2) is 0 Å². The molecule has 0 aliphatic carbocycles. The zero-order valence-corrected chi connectivity index (χ0v) is 11.9. The molecule has 2 aromatic carbocycles. The molecule has 1 N–H and O–H groups in total. The molecule has 1 aliphatic heterocycles. The van der Waals surface area contributed by atoms with Gasteiger partial charge in [0.2, 0.25) is 0 Å². The van der Waals surface area contributed by atoms with Gasteiger partial charge in [0.1, 0.15) is 5.37 Å². The van der Waals surface area contributed by atoms with Gasteiger partial charge in [0.05, 0.1) is 9.97 Å². The van der Waals surface area contributed by atoms with Crippen LogP contribution in [0.15, 0.2) is 59.7 Å². The fraction of sp³-hybridized carbons (Fsp3) is 0.133. The molecule has 1 aliphatic rings. The number of nitrogens with one attached hydrogen (secondary N) is 1. The van der Waals surface area contributed by atoms with E-state index in [-0.39, 0.29) is 11.1 Å². The Labute approximate surface area is 126 Å². The van der Waals surface area contributed by atoms with E-state index in [1.54, 1.807) is 23.9 Å². The van der Waals surface area contributed by atoms with Gasteiger partial charge in [-0.1, -0.05) is 42.1 Å². The quantitative estimate of drug-likeness (QED) is 0.693. The Morgan fingerprint density at radius 3 is 2.52 bits per heavy atom. The summed E-state index contributed by atoms with van der Waals surface area (Å²) < 4.78 is 0. The number of nitro benzene ring substituents is 1. The van der Waals surface area contributed by atoms with Crippen molar-refractivity contribution in [1.82, 2.24) is 5.43 Å². The topological polar surface area (TPSA) is 67.5 Å². The van der Waals surface area contributed by atoms with Crippen LogP contribution in [-0.2, 0) is 6.42 Å². The van der Waals surface area contributed by atoms with Crippen molar-refractivity contribution in [3.63, 3.8) is 0 Å². The minimum Gasteiger partial charge on any atom is -0.291 e. The maximum atomic E-state index is 10.7. The molecule has 0 spiro atoms. The summed E-state index contributed by atoms with van der Waals surface area (Å²) in [5.74, 6) is 0. The Balaban J connectivity index is 1.64. The van der Waals surface area contributed by atoms with E-state index in [1.165, 1.54) is 17.7 Å². The first kappa shape index (κ1) is 13.6. The molecule has 1 atom stereocenters. The summed E-state index contributed by atoms with van der Waals surface area (Å²) >= 11 is 1.64. The van der Waals surface area contributed by atoms with Gasteiger partial charge in [0, 0.05) is 18.6 Å². The van der Waals surface area contributed by atoms with Crippen molar-refractivity contribution in [3.8, 4) is 0 Å². The van der Waals surface area contributed by atoms with Crippen molar-refractivity contribution in [2.24, 2.45) is 5.10 Å².